The molecule has 2 rings (SSSR count). The predicted molar refractivity (Wildman–Crippen MR) is 78.7 cm³/mol. The lowest BCUT2D eigenvalue weighted by Crippen LogP contribution is -2.10. The molecule has 0 unspecified atom stereocenters. The molecular formula is C15H15ClFN3O. The van der Waals surface area contributed by atoms with Crippen LogP contribution >= 0.6 is 11.6 Å². The Morgan fingerprint density at radius 1 is 1.43 bits per heavy atom. The number of hydrogen-bond donors (Lipinski definition) is 0. The highest BCUT2D eigenvalue weighted by Crippen LogP contribution is 2.17. The summed E-state index contributed by atoms with van der Waals surface area (Å²) in [7, 11) is 0. The van der Waals surface area contributed by atoms with Crippen LogP contribution < -0.4 is 4.74 Å². The van der Waals surface area contributed by atoms with E-state index in [4.69, 9.17) is 16.3 Å². The summed E-state index contributed by atoms with van der Waals surface area (Å²) < 4.78 is 21.1. The summed E-state index contributed by atoms with van der Waals surface area (Å²) in [5.41, 5.74) is 0.299. The Kier molecular flexibility index (Phi) is 5.18. The number of aromatic nitrogens is 3. The maximum absolute atomic E-state index is 13.8. The molecule has 0 saturated heterocycles. The van der Waals surface area contributed by atoms with Crippen LogP contribution in [0, 0.1) is 17.7 Å². The summed E-state index contributed by atoms with van der Waals surface area (Å²) in [6.45, 7) is 4.23. The van der Waals surface area contributed by atoms with Gasteiger partial charge >= 0.3 is 0 Å². The Balaban J connectivity index is 2.07. The molecule has 21 heavy (non-hydrogen) atoms. The van der Waals surface area contributed by atoms with Crippen LogP contribution in [0.15, 0.2) is 24.5 Å². The van der Waals surface area contributed by atoms with Crippen LogP contribution in [0.1, 0.15) is 31.3 Å². The third-order valence-electron chi connectivity index (χ3n) is 2.73. The molecule has 6 heteroatoms. The lowest BCUT2D eigenvalue weighted by Gasteiger charge is -2.10. The van der Waals surface area contributed by atoms with Crippen LogP contribution in [0.4, 0.5) is 4.39 Å². The first-order valence-electron chi connectivity index (χ1n) is 6.47. The molecule has 0 amide bonds. The highest BCUT2D eigenvalue weighted by molar-refractivity contribution is 6.19. The minimum Gasteiger partial charge on any atom is -0.486 e. The molecule has 1 heterocycles. The first-order valence-corrected chi connectivity index (χ1v) is 7.01. The van der Waals surface area contributed by atoms with Crippen LogP contribution in [0.3, 0.4) is 0 Å². The minimum absolute atomic E-state index is 0.169. The Morgan fingerprint density at radius 2 is 2.24 bits per heavy atom. The van der Waals surface area contributed by atoms with Gasteiger partial charge in [0.1, 0.15) is 24.5 Å². The Hall–Kier alpha value is -2.06. The average Bonchev–Trinajstić information content (AvgIpc) is 2.93. The number of halogens is 2. The van der Waals surface area contributed by atoms with Gasteiger partial charge in [0.05, 0.1) is 11.4 Å². The summed E-state index contributed by atoms with van der Waals surface area (Å²) in [5, 5.41) is 4.11. The number of ether oxygens (including phenoxy) is 1. The van der Waals surface area contributed by atoms with Crippen molar-refractivity contribution in [3.8, 4) is 17.6 Å². The highest BCUT2D eigenvalue weighted by Gasteiger charge is 2.09. The zero-order valence-corrected chi connectivity index (χ0v) is 12.6. The number of hydrogen-bond acceptors (Lipinski definition) is 3. The van der Waals surface area contributed by atoms with E-state index < -0.39 is 5.82 Å². The lowest BCUT2D eigenvalue weighted by atomic mass is 10.2. The van der Waals surface area contributed by atoms with Gasteiger partial charge in [-0.25, -0.2) is 14.1 Å². The molecule has 0 fully saturated rings. The Labute approximate surface area is 127 Å². The van der Waals surface area contributed by atoms with Crippen LogP contribution in [-0.2, 0) is 6.61 Å². The molecule has 0 N–H and O–H groups in total. The van der Waals surface area contributed by atoms with Crippen molar-refractivity contribution < 1.29 is 9.13 Å². The van der Waals surface area contributed by atoms with Crippen LogP contribution in [0.2, 0.25) is 0 Å². The van der Waals surface area contributed by atoms with E-state index in [1.807, 2.05) is 13.8 Å². The highest BCUT2D eigenvalue weighted by atomic mass is 35.5. The van der Waals surface area contributed by atoms with E-state index >= 15 is 0 Å². The first-order chi connectivity index (χ1) is 10.1. The zero-order valence-electron chi connectivity index (χ0n) is 11.8. The molecule has 0 saturated carbocycles. The lowest BCUT2D eigenvalue weighted by molar-refractivity contribution is 0.281. The molecule has 0 atom stereocenters. The predicted octanol–water partition coefficient (Wildman–Crippen LogP) is 3.17. The SMILES string of the molecule is CC(C)n1ncnc1COc1ccc(C#CCCl)c(F)c1. The van der Waals surface area contributed by atoms with Gasteiger partial charge in [0.25, 0.3) is 0 Å². The third kappa shape index (κ3) is 3.96. The normalized spacial score (nSPS) is 10.3. The summed E-state index contributed by atoms with van der Waals surface area (Å²) in [5.74, 6) is 6.10. The molecule has 1 aromatic heterocycles. The molecule has 1 aromatic carbocycles. The fourth-order valence-electron chi connectivity index (χ4n) is 1.77. The second-order valence-electron chi connectivity index (χ2n) is 4.58. The van der Waals surface area contributed by atoms with Gasteiger partial charge in [-0.1, -0.05) is 11.8 Å². The number of nitrogens with zero attached hydrogens (tertiary/aromatic N) is 3. The van der Waals surface area contributed by atoms with Crippen LogP contribution in [0.5, 0.6) is 5.75 Å². The topological polar surface area (TPSA) is 39.9 Å². The van der Waals surface area contributed by atoms with E-state index in [1.54, 1.807) is 16.8 Å². The molecule has 0 aliphatic heterocycles. The van der Waals surface area contributed by atoms with Crippen molar-refractivity contribution in [1.29, 1.82) is 0 Å². The molecular weight excluding hydrogens is 293 g/mol. The summed E-state index contributed by atoms with van der Waals surface area (Å²) >= 11 is 5.45. The number of benzene rings is 1. The monoisotopic (exact) mass is 307 g/mol. The van der Waals surface area contributed by atoms with E-state index in [-0.39, 0.29) is 18.5 Å². The Bertz CT molecular complexity index is 673. The largest absolute Gasteiger partial charge is 0.486 e. The van der Waals surface area contributed by atoms with Crippen molar-refractivity contribution in [2.75, 3.05) is 5.88 Å². The Morgan fingerprint density at radius 3 is 2.90 bits per heavy atom. The molecule has 0 aliphatic rings. The van der Waals surface area contributed by atoms with Gasteiger partial charge < -0.3 is 4.74 Å². The molecule has 110 valence electrons. The van der Waals surface area contributed by atoms with Crippen molar-refractivity contribution in [3.05, 3.63) is 41.7 Å². The molecule has 0 bridgehead atoms. The third-order valence-corrected chi connectivity index (χ3v) is 2.87. The summed E-state index contributed by atoms with van der Waals surface area (Å²) in [6, 6.07) is 4.72. The van der Waals surface area contributed by atoms with Gasteiger partial charge in [0.15, 0.2) is 5.82 Å². The van der Waals surface area contributed by atoms with E-state index in [0.717, 1.165) is 0 Å². The van der Waals surface area contributed by atoms with Crippen LogP contribution in [0.25, 0.3) is 0 Å². The maximum atomic E-state index is 13.8. The molecule has 2 aromatic rings. The van der Waals surface area contributed by atoms with E-state index in [0.29, 0.717) is 17.1 Å². The fourth-order valence-corrected chi connectivity index (χ4v) is 1.84. The second-order valence-corrected chi connectivity index (χ2v) is 4.85. The van der Waals surface area contributed by atoms with Gasteiger partial charge in [0.2, 0.25) is 0 Å². The van der Waals surface area contributed by atoms with Crippen molar-refractivity contribution >= 4 is 11.6 Å². The van der Waals surface area contributed by atoms with Crippen molar-refractivity contribution in [2.45, 2.75) is 26.5 Å². The molecule has 0 spiro atoms. The molecule has 4 nitrogen and oxygen atoms in total. The van der Waals surface area contributed by atoms with Crippen molar-refractivity contribution in [2.24, 2.45) is 0 Å². The standard InChI is InChI=1S/C15H15ClFN3O/c1-11(2)20-15(18-10-19-20)9-21-13-6-5-12(4-3-7-16)14(17)8-13/h5-6,8,10-11H,7,9H2,1-2H3. The summed E-state index contributed by atoms with van der Waals surface area (Å²) in [6.07, 6.45) is 1.48. The van der Waals surface area contributed by atoms with Crippen molar-refractivity contribution in [1.82, 2.24) is 14.8 Å². The maximum Gasteiger partial charge on any atom is 0.165 e. The molecule has 0 aliphatic carbocycles. The van der Waals surface area contributed by atoms with Crippen molar-refractivity contribution in [3.63, 3.8) is 0 Å². The van der Waals surface area contributed by atoms with E-state index in [2.05, 4.69) is 21.9 Å². The summed E-state index contributed by atoms with van der Waals surface area (Å²) in [4.78, 5) is 4.13. The van der Waals surface area contributed by atoms with Gasteiger partial charge in [-0.3, -0.25) is 0 Å². The minimum atomic E-state index is -0.435. The first kappa shape index (κ1) is 15.3. The average molecular weight is 308 g/mol. The van der Waals surface area contributed by atoms with Crippen LogP contribution in [-0.4, -0.2) is 20.6 Å². The van der Waals surface area contributed by atoms with E-state index in [1.165, 1.54) is 12.4 Å². The number of alkyl halides is 1. The van der Waals surface area contributed by atoms with Gasteiger partial charge in [0, 0.05) is 12.1 Å². The number of rotatable bonds is 4. The van der Waals surface area contributed by atoms with Gasteiger partial charge in [-0.05, 0) is 26.0 Å². The van der Waals surface area contributed by atoms with E-state index in [9.17, 15) is 4.39 Å². The second kappa shape index (κ2) is 7.09. The van der Waals surface area contributed by atoms with Gasteiger partial charge in [-0.2, -0.15) is 5.10 Å². The fraction of sp³-hybridized carbons (Fsp3) is 0.333. The zero-order chi connectivity index (χ0) is 15.2. The smallest absolute Gasteiger partial charge is 0.165 e. The quantitative estimate of drug-likeness (QED) is 0.643. The molecule has 0 radical (unpaired) electrons. The van der Waals surface area contributed by atoms with Gasteiger partial charge in [-0.15, -0.1) is 11.6 Å².